The van der Waals surface area contributed by atoms with Crippen molar-refractivity contribution in [2.45, 2.75) is 13.3 Å². The van der Waals surface area contributed by atoms with Crippen molar-refractivity contribution in [1.82, 2.24) is 4.90 Å². The van der Waals surface area contributed by atoms with Crippen LogP contribution in [0.1, 0.15) is 23.7 Å². The normalized spacial score (nSPS) is 9.89. The highest BCUT2D eigenvalue weighted by Gasteiger charge is 2.19. The van der Waals surface area contributed by atoms with E-state index in [2.05, 4.69) is 6.58 Å². The zero-order valence-electron chi connectivity index (χ0n) is 10.8. The van der Waals surface area contributed by atoms with Crippen LogP contribution < -0.4 is 4.74 Å². The Balaban J connectivity index is 3.04. The maximum atomic E-state index is 12.3. The molecular formula is C14H19NO3. The van der Waals surface area contributed by atoms with Crippen LogP contribution in [-0.2, 0) is 0 Å². The van der Waals surface area contributed by atoms with E-state index in [1.807, 2.05) is 6.92 Å². The van der Waals surface area contributed by atoms with E-state index in [0.717, 1.165) is 6.42 Å². The number of para-hydroxylation sites is 1. The van der Waals surface area contributed by atoms with Gasteiger partial charge in [-0.3, -0.25) is 4.79 Å². The Hall–Kier alpha value is -1.97. The summed E-state index contributed by atoms with van der Waals surface area (Å²) in [4.78, 5) is 13.9. The number of carbonyl (C=O) groups is 1. The number of hydrogen-bond acceptors (Lipinski definition) is 3. The highest BCUT2D eigenvalue weighted by atomic mass is 16.5. The molecule has 0 saturated heterocycles. The zero-order valence-corrected chi connectivity index (χ0v) is 10.8. The highest BCUT2D eigenvalue weighted by molar-refractivity contribution is 5.97. The van der Waals surface area contributed by atoms with Crippen LogP contribution in [0.2, 0.25) is 0 Å². The van der Waals surface area contributed by atoms with Crippen molar-refractivity contribution >= 4 is 5.91 Å². The lowest BCUT2D eigenvalue weighted by Crippen LogP contribution is -2.31. The Bertz CT molecular complexity index is 429. The monoisotopic (exact) mass is 249 g/mol. The molecule has 4 nitrogen and oxygen atoms in total. The number of rotatable bonds is 6. The molecule has 0 heterocycles. The lowest BCUT2D eigenvalue weighted by molar-refractivity contribution is 0.0770. The maximum Gasteiger partial charge on any atom is 0.258 e. The summed E-state index contributed by atoms with van der Waals surface area (Å²) in [5.74, 6) is -0.0285. The van der Waals surface area contributed by atoms with Gasteiger partial charge in [0.25, 0.3) is 5.91 Å². The topological polar surface area (TPSA) is 49.8 Å². The fraction of sp³-hybridized carbons (Fsp3) is 0.357. The largest absolute Gasteiger partial charge is 0.504 e. The molecule has 0 aromatic heterocycles. The van der Waals surface area contributed by atoms with Gasteiger partial charge in [-0.2, -0.15) is 0 Å². The minimum absolute atomic E-state index is 0.116. The fourth-order valence-corrected chi connectivity index (χ4v) is 1.73. The SMILES string of the molecule is C=CCN(CCC)C(=O)c1cccc(OC)c1O. The second-order valence-electron chi connectivity index (χ2n) is 3.90. The number of hydrogen-bond donors (Lipinski definition) is 1. The average Bonchev–Trinajstić information content (AvgIpc) is 2.38. The second kappa shape index (κ2) is 6.69. The summed E-state index contributed by atoms with van der Waals surface area (Å²) < 4.78 is 4.99. The summed E-state index contributed by atoms with van der Waals surface area (Å²) in [6, 6.07) is 4.89. The first-order chi connectivity index (χ1) is 8.65. The van der Waals surface area contributed by atoms with Crippen LogP contribution in [0, 0.1) is 0 Å². The maximum absolute atomic E-state index is 12.3. The van der Waals surface area contributed by atoms with Crippen LogP contribution in [0.4, 0.5) is 0 Å². The minimum atomic E-state index is -0.215. The summed E-state index contributed by atoms with van der Waals surface area (Å²) in [5, 5.41) is 9.95. The van der Waals surface area contributed by atoms with Gasteiger partial charge in [-0.05, 0) is 18.6 Å². The molecule has 98 valence electrons. The summed E-state index contributed by atoms with van der Waals surface area (Å²) in [6.45, 7) is 6.72. The summed E-state index contributed by atoms with van der Waals surface area (Å²) in [6.07, 6.45) is 2.52. The molecule has 1 amide bonds. The van der Waals surface area contributed by atoms with Gasteiger partial charge in [0.2, 0.25) is 0 Å². The summed E-state index contributed by atoms with van der Waals surface area (Å²) >= 11 is 0. The molecule has 4 heteroatoms. The van der Waals surface area contributed by atoms with Crippen molar-refractivity contribution in [1.29, 1.82) is 0 Å². The number of phenolic OH excluding ortho intramolecular Hbond substituents is 1. The molecule has 0 saturated carbocycles. The zero-order chi connectivity index (χ0) is 13.5. The van der Waals surface area contributed by atoms with Gasteiger partial charge in [-0.1, -0.05) is 19.1 Å². The van der Waals surface area contributed by atoms with E-state index in [4.69, 9.17) is 4.74 Å². The van der Waals surface area contributed by atoms with Gasteiger partial charge in [0.05, 0.1) is 12.7 Å². The first-order valence-electron chi connectivity index (χ1n) is 5.91. The number of carbonyl (C=O) groups excluding carboxylic acids is 1. The van der Waals surface area contributed by atoms with Crippen LogP contribution in [0.3, 0.4) is 0 Å². The molecule has 1 rings (SSSR count). The minimum Gasteiger partial charge on any atom is -0.504 e. The van der Waals surface area contributed by atoms with Gasteiger partial charge in [-0.25, -0.2) is 0 Å². The second-order valence-corrected chi connectivity index (χ2v) is 3.90. The molecule has 0 unspecified atom stereocenters. The third-order valence-electron chi connectivity index (χ3n) is 2.58. The summed E-state index contributed by atoms with van der Waals surface area (Å²) in [7, 11) is 1.46. The number of nitrogens with zero attached hydrogens (tertiary/aromatic N) is 1. The molecule has 0 bridgehead atoms. The van der Waals surface area contributed by atoms with E-state index in [1.54, 1.807) is 29.2 Å². The molecule has 1 aromatic carbocycles. The van der Waals surface area contributed by atoms with Crippen molar-refractivity contribution < 1.29 is 14.6 Å². The van der Waals surface area contributed by atoms with Crippen LogP contribution in [-0.4, -0.2) is 36.1 Å². The van der Waals surface area contributed by atoms with Crippen LogP contribution in [0.15, 0.2) is 30.9 Å². The number of amides is 1. The molecular weight excluding hydrogens is 230 g/mol. The molecule has 1 aromatic rings. The summed E-state index contributed by atoms with van der Waals surface area (Å²) in [5.41, 5.74) is 0.254. The van der Waals surface area contributed by atoms with Crippen LogP contribution >= 0.6 is 0 Å². The Labute approximate surface area is 107 Å². The van der Waals surface area contributed by atoms with Crippen molar-refractivity contribution in [3.05, 3.63) is 36.4 Å². The lowest BCUT2D eigenvalue weighted by atomic mass is 10.1. The van der Waals surface area contributed by atoms with Crippen molar-refractivity contribution in [2.75, 3.05) is 20.2 Å². The molecule has 0 aliphatic carbocycles. The van der Waals surface area contributed by atoms with Gasteiger partial charge < -0.3 is 14.7 Å². The number of phenols is 1. The molecule has 18 heavy (non-hydrogen) atoms. The van der Waals surface area contributed by atoms with E-state index in [0.29, 0.717) is 18.8 Å². The predicted octanol–water partition coefficient (Wildman–Crippen LogP) is 2.44. The van der Waals surface area contributed by atoms with Crippen molar-refractivity contribution in [2.24, 2.45) is 0 Å². The Morgan fingerprint density at radius 3 is 2.83 bits per heavy atom. The number of benzene rings is 1. The average molecular weight is 249 g/mol. The van der Waals surface area contributed by atoms with E-state index >= 15 is 0 Å². The van der Waals surface area contributed by atoms with Gasteiger partial charge >= 0.3 is 0 Å². The molecule has 1 N–H and O–H groups in total. The van der Waals surface area contributed by atoms with Crippen molar-refractivity contribution in [3.63, 3.8) is 0 Å². The van der Waals surface area contributed by atoms with Crippen LogP contribution in [0.25, 0.3) is 0 Å². The molecule has 0 fully saturated rings. The Kier molecular flexibility index (Phi) is 5.24. The van der Waals surface area contributed by atoms with E-state index in [1.165, 1.54) is 7.11 Å². The molecule has 0 aliphatic rings. The van der Waals surface area contributed by atoms with E-state index in [9.17, 15) is 9.90 Å². The van der Waals surface area contributed by atoms with E-state index < -0.39 is 0 Å². The van der Waals surface area contributed by atoms with Gasteiger partial charge in [0.1, 0.15) is 0 Å². The third-order valence-corrected chi connectivity index (χ3v) is 2.58. The number of methoxy groups -OCH3 is 1. The Morgan fingerprint density at radius 1 is 1.56 bits per heavy atom. The molecule has 0 aliphatic heterocycles. The van der Waals surface area contributed by atoms with Crippen LogP contribution in [0.5, 0.6) is 11.5 Å². The smallest absolute Gasteiger partial charge is 0.258 e. The molecule has 0 spiro atoms. The lowest BCUT2D eigenvalue weighted by Gasteiger charge is -2.21. The molecule has 0 atom stereocenters. The van der Waals surface area contributed by atoms with Gasteiger partial charge in [-0.15, -0.1) is 6.58 Å². The van der Waals surface area contributed by atoms with E-state index in [-0.39, 0.29) is 17.2 Å². The number of ether oxygens (including phenoxy) is 1. The first-order valence-corrected chi connectivity index (χ1v) is 5.91. The highest BCUT2D eigenvalue weighted by Crippen LogP contribution is 2.30. The first kappa shape index (κ1) is 14.1. The van der Waals surface area contributed by atoms with Gasteiger partial charge in [0, 0.05) is 13.1 Å². The standard InChI is InChI=1S/C14H19NO3/c1-4-9-15(10-5-2)14(17)11-7-6-8-12(18-3)13(11)16/h4,6-8,16H,1,5,9-10H2,2-3H3. The number of aromatic hydroxyl groups is 1. The quantitative estimate of drug-likeness (QED) is 0.788. The third kappa shape index (κ3) is 3.03. The van der Waals surface area contributed by atoms with Crippen molar-refractivity contribution in [3.8, 4) is 11.5 Å². The van der Waals surface area contributed by atoms with Gasteiger partial charge in [0.15, 0.2) is 11.5 Å². The molecule has 0 radical (unpaired) electrons. The predicted molar refractivity (Wildman–Crippen MR) is 71.1 cm³/mol. The fourth-order valence-electron chi connectivity index (χ4n) is 1.73. The Morgan fingerprint density at radius 2 is 2.28 bits per heavy atom.